The fraction of sp³-hybridized carbons (Fsp3) is 0.571. The van der Waals surface area contributed by atoms with Crippen LogP contribution in [0.25, 0.3) is 11.5 Å². The minimum atomic E-state index is -0.403. The summed E-state index contributed by atoms with van der Waals surface area (Å²) in [6.45, 7) is 12.5. The Bertz CT molecular complexity index is 1300. The van der Waals surface area contributed by atoms with E-state index < -0.39 is 5.41 Å². The van der Waals surface area contributed by atoms with Crippen molar-refractivity contribution in [3.63, 3.8) is 0 Å². The normalized spacial score (nSPS) is 22.9. The summed E-state index contributed by atoms with van der Waals surface area (Å²) in [7, 11) is 2.18. The number of pyridine rings is 1. The smallest absolute Gasteiger partial charge is 0.237 e. The molecule has 3 aromatic rings. The van der Waals surface area contributed by atoms with Gasteiger partial charge in [0.15, 0.2) is 0 Å². The number of nitrogens with two attached hydrogens (primary N) is 1. The van der Waals surface area contributed by atoms with Gasteiger partial charge < -0.3 is 25.4 Å². The first kappa shape index (κ1) is 25.5. The molecule has 2 fully saturated rings. The lowest BCUT2D eigenvalue weighted by atomic mass is 9.72. The summed E-state index contributed by atoms with van der Waals surface area (Å²) in [6, 6.07) is 4.48. The minimum absolute atomic E-state index is 0.403. The largest absolute Gasteiger partial charge is 0.390 e. The lowest BCUT2D eigenvalue weighted by molar-refractivity contribution is 0.299. The van der Waals surface area contributed by atoms with E-state index in [1.54, 1.807) is 11.3 Å². The highest BCUT2D eigenvalue weighted by Gasteiger charge is 2.42. The van der Waals surface area contributed by atoms with Crippen molar-refractivity contribution in [3.8, 4) is 11.5 Å². The van der Waals surface area contributed by atoms with Crippen LogP contribution in [0.2, 0.25) is 0 Å². The molecule has 0 amide bonds. The molecule has 0 radical (unpaired) electrons. The van der Waals surface area contributed by atoms with Gasteiger partial charge in [-0.3, -0.25) is 4.99 Å². The summed E-state index contributed by atoms with van der Waals surface area (Å²) < 4.78 is 6.03. The number of aromatic nitrogens is 3. The van der Waals surface area contributed by atoms with Crippen LogP contribution in [0.1, 0.15) is 66.0 Å². The molecule has 1 atom stereocenters. The maximum Gasteiger partial charge on any atom is 0.237 e. The van der Waals surface area contributed by atoms with E-state index in [2.05, 4.69) is 58.1 Å². The van der Waals surface area contributed by atoms with Gasteiger partial charge in [-0.05, 0) is 95.1 Å². The lowest BCUT2D eigenvalue weighted by Gasteiger charge is -2.34. The molecular weight excluding hydrogens is 496 g/mol. The lowest BCUT2D eigenvalue weighted by Crippen LogP contribution is -2.44. The molecule has 10 heteroatoms. The van der Waals surface area contributed by atoms with Crippen molar-refractivity contribution in [1.82, 2.24) is 25.3 Å². The van der Waals surface area contributed by atoms with Gasteiger partial charge in [0.1, 0.15) is 11.5 Å². The van der Waals surface area contributed by atoms with E-state index in [9.17, 15) is 0 Å². The highest BCUT2D eigenvalue weighted by Crippen LogP contribution is 2.49. The first-order valence-corrected chi connectivity index (χ1v) is 14.6. The number of aliphatic imine (C=N–C) groups is 1. The van der Waals surface area contributed by atoms with Crippen molar-refractivity contribution in [2.45, 2.75) is 56.9 Å². The summed E-state index contributed by atoms with van der Waals surface area (Å²) in [5.41, 5.74) is 10.4. The van der Waals surface area contributed by atoms with Crippen LogP contribution in [-0.2, 0) is 18.4 Å². The average Bonchev–Trinajstić information content (AvgIpc) is 3.56. The third kappa shape index (κ3) is 4.63. The molecule has 38 heavy (non-hydrogen) atoms. The maximum atomic E-state index is 6.43. The second-order valence-corrected chi connectivity index (χ2v) is 12.3. The molecule has 0 aromatic carbocycles. The monoisotopic (exact) mass is 534 g/mol. The highest BCUT2D eigenvalue weighted by molar-refractivity contribution is 7.16. The molecule has 1 unspecified atom stereocenters. The molecule has 1 aliphatic carbocycles. The fourth-order valence-electron chi connectivity index (χ4n) is 6.36. The van der Waals surface area contributed by atoms with E-state index in [0.29, 0.717) is 24.2 Å². The van der Waals surface area contributed by atoms with Crippen LogP contribution in [0.5, 0.6) is 0 Å². The molecule has 6 rings (SSSR count). The van der Waals surface area contributed by atoms with Gasteiger partial charge in [-0.25, -0.2) is 4.98 Å². The third-order valence-electron chi connectivity index (χ3n) is 8.61. The number of aryl methyl sites for hydroxylation is 1. The predicted octanol–water partition coefficient (Wildman–Crippen LogP) is 3.84. The SMILES string of the molecule is C=NCc1c(N)sc2c1C(C)(c1nc(-c3cc(C4CCNCC4)cc(N4CCN(C)CC4)n3)no1)CCC2. The number of fused-ring (bicyclic) bond motifs is 1. The number of piperidine rings is 1. The Hall–Kier alpha value is -2.82. The Kier molecular flexibility index (Phi) is 6.96. The van der Waals surface area contributed by atoms with Crippen LogP contribution < -0.4 is 16.0 Å². The Labute approximate surface area is 228 Å². The number of anilines is 2. The molecule has 0 saturated carbocycles. The van der Waals surface area contributed by atoms with Crippen LogP contribution in [0.4, 0.5) is 10.8 Å². The van der Waals surface area contributed by atoms with E-state index in [1.807, 2.05) is 0 Å². The maximum absolute atomic E-state index is 6.43. The van der Waals surface area contributed by atoms with Gasteiger partial charge in [-0.2, -0.15) is 4.98 Å². The van der Waals surface area contributed by atoms with Gasteiger partial charge in [-0.1, -0.05) is 5.16 Å². The van der Waals surface area contributed by atoms with E-state index in [1.165, 1.54) is 16.0 Å². The van der Waals surface area contributed by atoms with Crippen molar-refractivity contribution >= 4 is 28.9 Å². The van der Waals surface area contributed by atoms with Gasteiger partial charge in [-0.15, -0.1) is 11.3 Å². The number of nitrogens with zero attached hydrogens (tertiary/aromatic N) is 6. The zero-order valence-electron chi connectivity index (χ0n) is 22.5. The summed E-state index contributed by atoms with van der Waals surface area (Å²) in [6.07, 6.45) is 5.26. The van der Waals surface area contributed by atoms with Crippen LogP contribution in [0, 0.1) is 0 Å². The van der Waals surface area contributed by atoms with E-state index in [-0.39, 0.29) is 0 Å². The van der Waals surface area contributed by atoms with Gasteiger partial charge >= 0.3 is 0 Å². The second kappa shape index (κ2) is 10.4. The zero-order valence-corrected chi connectivity index (χ0v) is 23.3. The first-order valence-electron chi connectivity index (χ1n) is 13.8. The van der Waals surface area contributed by atoms with Gasteiger partial charge in [0.05, 0.1) is 17.0 Å². The molecule has 5 heterocycles. The number of rotatable bonds is 6. The molecule has 202 valence electrons. The molecule has 0 bridgehead atoms. The number of thiophene rings is 1. The summed E-state index contributed by atoms with van der Waals surface area (Å²) in [5, 5.41) is 8.81. The van der Waals surface area contributed by atoms with Crippen molar-refractivity contribution in [3.05, 3.63) is 39.6 Å². The quantitative estimate of drug-likeness (QED) is 0.459. The van der Waals surface area contributed by atoms with Crippen LogP contribution in [-0.4, -0.2) is 73.1 Å². The van der Waals surface area contributed by atoms with Gasteiger partial charge in [0.25, 0.3) is 0 Å². The van der Waals surface area contributed by atoms with Crippen molar-refractivity contribution in [2.75, 3.05) is 56.9 Å². The zero-order chi connectivity index (χ0) is 26.3. The molecule has 2 saturated heterocycles. The Morgan fingerprint density at radius 3 is 2.76 bits per heavy atom. The van der Waals surface area contributed by atoms with Gasteiger partial charge in [0.2, 0.25) is 11.7 Å². The number of likely N-dealkylation sites (N-methyl/N-ethyl adjacent to an activating group) is 1. The molecule has 3 N–H and O–H groups in total. The van der Waals surface area contributed by atoms with Gasteiger partial charge in [0, 0.05) is 36.6 Å². The Morgan fingerprint density at radius 2 is 2.00 bits per heavy atom. The number of hydrogen-bond donors (Lipinski definition) is 2. The first-order chi connectivity index (χ1) is 18.5. The molecule has 9 nitrogen and oxygen atoms in total. The number of piperazine rings is 1. The molecular formula is C28H38N8OS. The number of nitrogens with one attached hydrogen (secondary N) is 1. The minimum Gasteiger partial charge on any atom is -0.390 e. The molecule has 3 aromatic heterocycles. The predicted molar refractivity (Wildman–Crippen MR) is 153 cm³/mol. The fourth-order valence-corrected chi connectivity index (χ4v) is 7.61. The van der Waals surface area contributed by atoms with Crippen LogP contribution >= 0.6 is 11.3 Å². The Balaban J connectivity index is 1.39. The van der Waals surface area contributed by atoms with E-state index in [0.717, 1.165) is 93.4 Å². The molecule has 2 aliphatic heterocycles. The average molecular weight is 535 g/mol. The van der Waals surface area contributed by atoms with Crippen molar-refractivity contribution < 1.29 is 4.52 Å². The van der Waals surface area contributed by atoms with Crippen molar-refractivity contribution in [1.29, 1.82) is 0 Å². The van der Waals surface area contributed by atoms with E-state index in [4.69, 9.17) is 20.2 Å². The summed E-state index contributed by atoms with van der Waals surface area (Å²) >= 11 is 1.67. The standard InChI is InChI=1S/C28H38N8OS/c1-28(8-4-5-22-24(28)20(17-30-2)25(29)38-22)27-33-26(34-37-27)21-15-19(18-6-9-31-10-7-18)16-23(32-21)36-13-11-35(3)12-14-36/h15-16,18,31H,2,4-14,17,29H2,1,3H3. The Morgan fingerprint density at radius 1 is 1.21 bits per heavy atom. The number of nitrogen functional groups attached to an aromatic ring is 1. The van der Waals surface area contributed by atoms with Crippen LogP contribution in [0.3, 0.4) is 0 Å². The van der Waals surface area contributed by atoms with Crippen LogP contribution in [0.15, 0.2) is 21.6 Å². The second-order valence-electron chi connectivity index (χ2n) is 11.2. The van der Waals surface area contributed by atoms with E-state index >= 15 is 0 Å². The highest BCUT2D eigenvalue weighted by atomic mass is 32.1. The summed E-state index contributed by atoms with van der Waals surface area (Å²) in [5.74, 6) is 2.72. The summed E-state index contributed by atoms with van der Waals surface area (Å²) in [4.78, 5) is 20.3. The third-order valence-corrected chi connectivity index (χ3v) is 9.73. The molecule has 0 spiro atoms. The molecule has 3 aliphatic rings. The van der Waals surface area contributed by atoms with Crippen molar-refractivity contribution in [2.24, 2.45) is 4.99 Å². The topological polar surface area (TPSA) is 109 Å². The number of hydrogen-bond acceptors (Lipinski definition) is 10.